The van der Waals surface area contributed by atoms with E-state index in [1.165, 1.54) is 0 Å². The van der Waals surface area contributed by atoms with Gasteiger partial charge in [0.15, 0.2) is 0 Å². The van der Waals surface area contributed by atoms with Gasteiger partial charge in [-0.15, -0.1) is 0 Å². The summed E-state index contributed by atoms with van der Waals surface area (Å²) in [4.78, 5) is 24.7. The Labute approximate surface area is 147 Å². The number of aliphatic carboxylic acids is 1. The second-order valence-corrected chi connectivity index (χ2v) is 6.67. The molecule has 1 amide bonds. The van der Waals surface area contributed by atoms with Crippen molar-refractivity contribution < 1.29 is 14.7 Å². The Bertz CT molecular complexity index is 721. The number of hydrogen-bond donors (Lipinski definition) is 2. The minimum absolute atomic E-state index is 0.0571. The van der Waals surface area contributed by atoms with Crippen molar-refractivity contribution >= 4 is 11.9 Å². The zero-order valence-electron chi connectivity index (χ0n) is 14.2. The minimum Gasteiger partial charge on any atom is -0.481 e. The molecule has 2 aromatic rings. The van der Waals surface area contributed by atoms with Crippen molar-refractivity contribution in [3.8, 4) is 0 Å². The average Bonchev–Trinajstić information content (AvgIpc) is 3.14. The second kappa shape index (κ2) is 7.51. The van der Waals surface area contributed by atoms with Gasteiger partial charge in [-0.1, -0.05) is 73.5 Å². The van der Waals surface area contributed by atoms with Crippen LogP contribution in [0.5, 0.6) is 0 Å². The number of hydrogen-bond acceptors (Lipinski definition) is 2. The van der Waals surface area contributed by atoms with E-state index >= 15 is 0 Å². The summed E-state index contributed by atoms with van der Waals surface area (Å²) >= 11 is 0. The monoisotopic (exact) mass is 337 g/mol. The van der Waals surface area contributed by atoms with Crippen LogP contribution in [-0.2, 0) is 15.0 Å². The van der Waals surface area contributed by atoms with Gasteiger partial charge in [0.2, 0.25) is 5.91 Å². The Hall–Kier alpha value is -2.62. The molecule has 0 bridgehead atoms. The average molecular weight is 337 g/mol. The summed E-state index contributed by atoms with van der Waals surface area (Å²) in [6.45, 7) is 0.104. The molecule has 4 nitrogen and oxygen atoms in total. The van der Waals surface area contributed by atoms with E-state index in [4.69, 9.17) is 0 Å². The number of benzene rings is 2. The maximum absolute atomic E-state index is 13.0. The molecule has 1 unspecified atom stereocenters. The third-order valence-corrected chi connectivity index (χ3v) is 5.18. The molecule has 3 rings (SSSR count). The lowest BCUT2D eigenvalue weighted by Crippen LogP contribution is -2.44. The predicted molar refractivity (Wildman–Crippen MR) is 96.4 cm³/mol. The molecule has 130 valence electrons. The topological polar surface area (TPSA) is 66.4 Å². The van der Waals surface area contributed by atoms with E-state index in [-0.39, 0.29) is 12.5 Å². The molecule has 0 aliphatic heterocycles. The molecule has 0 heterocycles. The molecule has 0 radical (unpaired) electrons. The van der Waals surface area contributed by atoms with Crippen LogP contribution in [0.2, 0.25) is 0 Å². The normalized spacial score (nSPS) is 17.0. The lowest BCUT2D eigenvalue weighted by molar-refractivity contribution is -0.138. The Morgan fingerprint density at radius 3 is 2.08 bits per heavy atom. The second-order valence-electron chi connectivity index (χ2n) is 6.67. The highest BCUT2D eigenvalue weighted by atomic mass is 16.4. The van der Waals surface area contributed by atoms with Crippen LogP contribution in [0, 0.1) is 0 Å². The minimum atomic E-state index is -0.924. The summed E-state index contributed by atoms with van der Waals surface area (Å²) in [5.41, 5.74) is 1.20. The van der Waals surface area contributed by atoms with Crippen LogP contribution in [0.25, 0.3) is 0 Å². The van der Waals surface area contributed by atoms with E-state index in [1.54, 1.807) is 12.1 Å². The molecule has 1 atom stereocenters. The summed E-state index contributed by atoms with van der Waals surface area (Å²) in [6.07, 6.45) is 3.66. The van der Waals surface area contributed by atoms with Gasteiger partial charge in [-0.05, 0) is 24.0 Å². The molecule has 0 aromatic heterocycles. The number of carbonyl (C=O) groups excluding carboxylic acids is 1. The number of nitrogens with one attached hydrogen (secondary N) is 1. The fourth-order valence-electron chi connectivity index (χ4n) is 3.78. The lowest BCUT2D eigenvalue weighted by atomic mass is 9.78. The van der Waals surface area contributed by atoms with Crippen LogP contribution in [0.1, 0.15) is 42.7 Å². The van der Waals surface area contributed by atoms with Crippen LogP contribution in [0.4, 0.5) is 0 Å². The van der Waals surface area contributed by atoms with Crippen molar-refractivity contribution in [2.45, 2.75) is 37.0 Å². The number of carbonyl (C=O) groups is 2. The summed E-state index contributed by atoms with van der Waals surface area (Å²) in [6, 6.07) is 18.9. The van der Waals surface area contributed by atoms with Crippen molar-refractivity contribution in [2.75, 3.05) is 6.54 Å². The molecule has 2 aromatic carbocycles. The predicted octanol–water partition coefficient (Wildman–Crippen LogP) is 3.48. The third-order valence-electron chi connectivity index (χ3n) is 5.18. The number of rotatable bonds is 6. The smallest absolute Gasteiger partial charge is 0.312 e. The van der Waals surface area contributed by atoms with Gasteiger partial charge in [-0.3, -0.25) is 9.59 Å². The fourth-order valence-corrected chi connectivity index (χ4v) is 3.78. The third kappa shape index (κ3) is 3.58. The zero-order chi connectivity index (χ0) is 17.7. The van der Waals surface area contributed by atoms with Gasteiger partial charge in [-0.2, -0.15) is 0 Å². The summed E-state index contributed by atoms with van der Waals surface area (Å²) in [5.74, 6) is -1.72. The summed E-state index contributed by atoms with van der Waals surface area (Å²) in [5, 5.41) is 12.5. The first kappa shape index (κ1) is 17.2. The fraction of sp³-hybridized carbons (Fsp3) is 0.333. The molecule has 25 heavy (non-hydrogen) atoms. The van der Waals surface area contributed by atoms with E-state index in [0.29, 0.717) is 5.56 Å². The molecule has 1 saturated carbocycles. The Morgan fingerprint density at radius 2 is 1.52 bits per heavy atom. The van der Waals surface area contributed by atoms with E-state index in [2.05, 4.69) is 5.32 Å². The first-order valence-corrected chi connectivity index (χ1v) is 8.75. The molecule has 0 spiro atoms. The molecule has 1 fully saturated rings. The molecule has 4 heteroatoms. The SMILES string of the molecule is O=C(O)C(CNC(=O)C1(c2ccccc2)CCCC1)c1ccccc1. The first-order valence-electron chi connectivity index (χ1n) is 8.75. The van der Waals surface area contributed by atoms with Crippen LogP contribution in [0.15, 0.2) is 60.7 Å². The van der Waals surface area contributed by atoms with Gasteiger partial charge in [-0.25, -0.2) is 0 Å². The largest absolute Gasteiger partial charge is 0.481 e. The van der Waals surface area contributed by atoms with E-state index in [9.17, 15) is 14.7 Å². The van der Waals surface area contributed by atoms with Crippen molar-refractivity contribution in [2.24, 2.45) is 0 Å². The maximum atomic E-state index is 13.0. The zero-order valence-corrected chi connectivity index (χ0v) is 14.2. The Kier molecular flexibility index (Phi) is 5.17. The van der Waals surface area contributed by atoms with Crippen LogP contribution in [-0.4, -0.2) is 23.5 Å². The highest BCUT2D eigenvalue weighted by molar-refractivity contribution is 5.89. The van der Waals surface area contributed by atoms with Crippen molar-refractivity contribution in [3.05, 3.63) is 71.8 Å². The summed E-state index contributed by atoms with van der Waals surface area (Å²) in [7, 11) is 0. The van der Waals surface area contributed by atoms with Crippen molar-refractivity contribution in [3.63, 3.8) is 0 Å². The van der Waals surface area contributed by atoms with Crippen molar-refractivity contribution in [1.82, 2.24) is 5.32 Å². The van der Waals surface area contributed by atoms with Gasteiger partial charge >= 0.3 is 5.97 Å². The number of carboxylic acid groups (broad SMARTS) is 1. The van der Waals surface area contributed by atoms with Gasteiger partial charge in [0, 0.05) is 6.54 Å². The molecule has 1 aliphatic rings. The quantitative estimate of drug-likeness (QED) is 0.848. The Morgan fingerprint density at radius 1 is 0.960 bits per heavy atom. The highest BCUT2D eigenvalue weighted by Gasteiger charge is 2.42. The maximum Gasteiger partial charge on any atom is 0.312 e. The van der Waals surface area contributed by atoms with Crippen LogP contribution < -0.4 is 5.32 Å². The van der Waals surface area contributed by atoms with Gasteiger partial charge in [0.05, 0.1) is 11.3 Å². The lowest BCUT2D eigenvalue weighted by Gasteiger charge is -2.29. The molecular weight excluding hydrogens is 314 g/mol. The van der Waals surface area contributed by atoms with E-state index in [0.717, 1.165) is 31.2 Å². The van der Waals surface area contributed by atoms with Crippen molar-refractivity contribution in [1.29, 1.82) is 0 Å². The first-order chi connectivity index (χ1) is 12.1. The molecule has 0 saturated heterocycles. The molecule has 1 aliphatic carbocycles. The van der Waals surface area contributed by atoms with Crippen LogP contribution >= 0.6 is 0 Å². The van der Waals surface area contributed by atoms with E-state index < -0.39 is 17.3 Å². The highest BCUT2D eigenvalue weighted by Crippen LogP contribution is 2.41. The molecule has 2 N–H and O–H groups in total. The standard InChI is InChI=1S/C21H23NO3/c23-19(24)18(16-9-3-1-4-10-16)15-22-20(25)21(13-7-8-14-21)17-11-5-2-6-12-17/h1-6,9-12,18H,7-8,13-15H2,(H,22,25)(H,23,24). The molecular formula is C21H23NO3. The Balaban J connectivity index is 1.77. The number of carboxylic acids is 1. The van der Waals surface area contributed by atoms with E-state index in [1.807, 2.05) is 48.5 Å². The van der Waals surface area contributed by atoms with Crippen LogP contribution in [0.3, 0.4) is 0 Å². The van der Waals surface area contributed by atoms with Gasteiger partial charge < -0.3 is 10.4 Å². The van der Waals surface area contributed by atoms with Gasteiger partial charge in [0.25, 0.3) is 0 Å². The summed E-state index contributed by atoms with van der Waals surface area (Å²) < 4.78 is 0. The number of amides is 1. The van der Waals surface area contributed by atoms with Gasteiger partial charge in [0.1, 0.15) is 0 Å².